The van der Waals surface area contributed by atoms with Crippen LogP contribution >= 0.6 is 0 Å². The second kappa shape index (κ2) is 8.07. The second-order valence-electron chi connectivity index (χ2n) is 6.45. The highest BCUT2D eigenvalue weighted by Gasteiger charge is 2.22. The molecular formula is C19H25N5O. The van der Waals surface area contributed by atoms with E-state index in [1.54, 1.807) is 4.68 Å². The molecule has 1 aromatic heterocycles. The molecule has 25 heavy (non-hydrogen) atoms. The van der Waals surface area contributed by atoms with Crippen LogP contribution in [0.25, 0.3) is 0 Å². The Bertz CT molecular complexity index is 719. The van der Waals surface area contributed by atoms with Crippen LogP contribution in [0.2, 0.25) is 0 Å². The predicted octanol–water partition coefficient (Wildman–Crippen LogP) is 2.58. The minimum absolute atomic E-state index is 0.0154. The number of rotatable bonds is 6. The van der Waals surface area contributed by atoms with Gasteiger partial charge >= 0.3 is 0 Å². The van der Waals surface area contributed by atoms with Crippen LogP contribution in [-0.4, -0.2) is 33.8 Å². The van der Waals surface area contributed by atoms with Gasteiger partial charge in [0.1, 0.15) is 0 Å². The maximum atomic E-state index is 12.4. The summed E-state index contributed by atoms with van der Waals surface area (Å²) in [6.45, 7) is 5.84. The molecule has 1 amide bonds. The van der Waals surface area contributed by atoms with E-state index in [-0.39, 0.29) is 11.8 Å². The number of nitrogens with zero attached hydrogens (tertiary/aromatic N) is 3. The number of hydrogen-bond acceptors (Lipinski definition) is 4. The molecule has 1 atom stereocenters. The number of benzene rings is 1. The Hall–Kier alpha value is -2.47. The van der Waals surface area contributed by atoms with E-state index in [0.29, 0.717) is 18.3 Å². The molecule has 3 rings (SSSR count). The summed E-state index contributed by atoms with van der Waals surface area (Å²) in [5.74, 6) is 1.60. The van der Waals surface area contributed by atoms with Gasteiger partial charge in [-0.2, -0.15) is 10.1 Å². The van der Waals surface area contributed by atoms with Gasteiger partial charge in [-0.1, -0.05) is 36.4 Å². The average Bonchev–Trinajstić information content (AvgIpc) is 3.01. The smallest absolute Gasteiger partial charge is 0.227 e. The molecule has 2 N–H and O–H groups in total. The van der Waals surface area contributed by atoms with Crippen LogP contribution in [0.15, 0.2) is 43.0 Å². The van der Waals surface area contributed by atoms with Gasteiger partial charge in [0.2, 0.25) is 11.9 Å². The third-order valence-electron chi connectivity index (χ3n) is 4.65. The zero-order valence-corrected chi connectivity index (χ0v) is 14.6. The Morgan fingerprint density at radius 2 is 2.12 bits per heavy atom. The summed E-state index contributed by atoms with van der Waals surface area (Å²) in [6, 6.07) is 9.93. The standard InChI is InChI=1S/C19H25N5O/c1-3-14(15-7-5-4-6-8-15)13-17(25)21-19-22-18(23-24(19)2)16-9-11-20-12-10-16/h3-8,14,16,20H,1,9-13H2,2H3,(H,21,22,23,25). The molecule has 1 unspecified atom stereocenters. The third-order valence-corrected chi connectivity index (χ3v) is 4.65. The first-order chi connectivity index (χ1) is 12.2. The van der Waals surface area contributed by atoms with Crippen molar-refractivity contribution in [2.75, 3.05) is 18.4 Å². The molecule has 1 aromatic carbocycles. The van der Waals surface area contributed by atoms with Gasteiger partial charge in [-0.15, -0.1) is 6.58 Å². The largest absolute Gasteiger partial charge is 0.317 e. The number of aryl methyl sites for hydroxylation is 1. The Morgan fingerprint density at radius 3 is 2.80 bits per heavy atom. The quantitative estimate of drug-likeness (QED) is 0.794. The van der Waals surface area contributed by atoms with E-state index in [0.717, 1.165) is 37.3 Å². The number of carbonyl (C=O) groups is 1. The lowest BCUT2D eigenvalue weighted by Gasteiger charge is -2.19. The Labute approximate surface area is 148 Å². The Kier molecular flexibility index (Phi) is 5.60. The zero-order chi connectivity index (χ0) is 17.6. The van der Waals surface area contributed by atoms with Gasteiger partial charge in [-0.25, -0.2) is 4.68 Å². The first kappa shape index (κ1) is 17.4. The first-order valence-corrected chi connectivity index (χ1v) is 8.76. The monoisotopic (exact) mass is 339 g/mol. The minimum Gasteiger partial charge on any atom is -0.317 e. The van der Waals surface area contributed by atoms with Crippen molar-refractivity contribution in [1.29, 1.82) is 0 Å². The molecular weight excluding hydrogens is 314 g/mol. The SMILES string of the molecule is C=CC(CC(=O)Nc1nc(C2CCNCC2)nn1C)c1ccccc1. The molecule has 132 valence electrons. The van der Waals surface area contributed by atoms with E-state index in [2.05, 4.69) is 27.3 Å². The van der Waals surface area contributed by atoms with Crippen molar-refractivity contribution in [2.45, 2.75) is 31.1 Å². The molecule has 2 heterocycles. The van der Waals surface area contributed by atoms with Crippen molar-refractivity contribution < 1.29 is 4.79 Å². The predicted molar refractivity (Wildman–Crippen MR) is 98.5 cm³/mol. The van der Waals surface area contributed by atoms with Crippen LogP contribution in [0.3, 0.4) is 0 Å². The van der Waals surface area contributed by atoms with Crippen LogP contribution in [0.1, 0.15) is 42.5 Å². The maximum Gasteiger partial charge on any atom is 0.227 e. The van der Waals surface area contributed by atoms with Gasteiger partial charge < -0.3 is 5.32 Å². The summed E-state index contributed by atoms with van der Waals surface area (Å²) in [4.78, 5) is 17.0. The van der Waals surface area contributed by atoms with Crippen molar-refractivity contribution in [2.24, 2.45) is 7.05 Å². The van der Waals surface area contributed by atoms with E-state index in [1.807, 2.05) is 43.5 Å². The van der Waals surface area contributed by atoms with Crippen LogP contribution < -0.4 is 10.6 Å². The number of aromatic nitrogens is 3. The van der Waals surface area contributed by atoms with Gasteiger partial charge in [0.15, 0.2) is 5.82 Å². The molecule has 6 nitrogen and oxygen atoms in total. The van der Waals surface area contributed by atoms with E-state index >= 15 is 0 Å². The van der Waals surface area contributed by atoms with Crippen LogP contribution in [0, 0.1) is 0 Å². The third kappa shape index (κ3) is 4.33. The molecule has 1 aliphatic heterocycles. The van der Waals surface area contributed by atoms with Crippen molar-refractivity contribution >= 4 is 11.9 Å². The van der Waals surface area contributed by atoms with Crippen molar-refractivity contribution in [1.82, 2.24) is 20.1 Å². The molecule has 0 aliphatic carbocycles. The van der Waals surface area contributed by atoms with E-state index < -0.39 is 0 Å². The number of amides is 1. The number of allylic oxidation sites excluding steroid dienone is 1. The van der Waals surface area contributed by atoms with Gasteiger partial charge in [0.25, 0.3) is 0 Å². The Morgan fingerprint density at radius 1 is 1.40 bits per heavy atom. The summed E-state index contributed by atoms with van der Waals surface area (Å²) in [7, 11) is 1.81. The molecule has 2 aromatic rings. The summed E-state index contributed by atoms with van der Waals surface area (Å²) in [5, 5.41) is 10.7. The molecule has 0 bridgehead atoms. The number of piperidine rings is 1. The average molecular weight is 339 g/mol. The highest BCUT2D eigenvalue weighted by Crippen LogP contribution is 2.24. The molecule has 0 radical (unpaired) electrons. The second-order valence-corrected chi connectivity index (χ2v) is 6.45. The molecule has 1 aliphatic rings. The van der Waals surface area contributed by atoms with E-state index in [1.165, 1.54) is 0 Å². The highest BCUT2D eigenvalue weighted by atomic mass is 16.1. The lowest BCUT2D eigenvalue weighted by atomic mass is 9.95. The number of hydrogen-bond donors (Lipinski definition) is 2. The van der Waals surface area contributed by atoms with E-state index in [4.69, 9.17) is 0 Å². The van der Waals surface area contributed by atoms with Crippen LogP contribution in [0.4, 0.5) is 5.95 Å². The van der Waals surface area contributed by atoms with Crippen molar-refractivity contribution in [3.8, 4) is 0 Å². The number of anilines is 1. The zero-order valence-electron chi connectivity index (χ0n) is 14.6. The normalized spacial score (nSPS) is 16.4. The minimum atomic E-state index is -0.0823. The number of carbonyl (C=O) groups excluding carboxylic acids is 1. The lowest BCUT2D eigenvalue weighted by molar-refractivity contribution is -0.116. The van der Waals surface area contributed by atoms with Gasteiger partial charge in [0.05, 0.1) is 0 Å². The van der Waals surface area contributed by atoms with Crippen LogP contribution in [-0.2, 0) is 11.8 Å². The summed E-state index contributed by atoms with van der Waals surface area (Å²) >= 11 is 0. The molecule has 6 heteroatoms. The van der Waals surface area contributed by atoms with Gasteiger partial charge in [-0.05, 0) is 31.5 Å². The number of nitrogens with one attached hydrogen (secondary N) is 2. The maximum absolute atomic E-state index is 12.4. The van der Waals surface area contributed by atoms with Gasteiger partial charge in [-0.3, -0.25) is 10.1 Å². The fraction of sp³-hybridized carbons (Fsp3) is 0.421. The lowest BCUT2D eigenvalue weighted by Crippen LogP contribution is -2.27. The fourth-order valence-electron chi connectivity index (χ4n) is 3.18. The van der Waals surface area contributed by atoms with E-state index in [9.17, 15) is 4.79 Å². The van der Waals surface area contributed by atoms with Crippen LogP contribution in [0.5, 0.6) is 0 Å². The van der Waals surface area contributed by atoms with Gasteiger partial charge in [0, 0.05) is 25.3 Å². The first-order valence-electron chi connectivity index (χ1n) is 8.76. The fourth-order valence-corrected chi connectivity index (χ4v) is 3.18. The van der Waals surface area contributed by atoms with Crippen molar-refractivity contribution in [3.63, 3.8) is 0 Å². The van der Waals surface area contributed by atoms with Crippen molar-refractivity contribution in [3.05, 3.63) is 54.4 Å². The molecule has 1 fully saturated rings. The molecule has 0 spiro atoms. The molecule has 1 saturated heterocycles. The summed E-state index contributed by atoms with van der Waals surface area (Å²) in [5.41, 5.74) is 1.08. The summed E-state index contributed by atoms with van der Waals surface area (Å²) in [6.07, 6.45) is 4.21. The Balaban J connectivity index is 1.64. The molecule has 0 saturated carbocycles. The summed E-state index contributed by atoms with van der Waals surface area (Å²) < 4.78 is 1.65. The topological polar surface area (TPSA) is 71.8 Å². The highest BCUT2D eigenvalue weighted by molar-refractivity contribution is 5.89.